The first kappa shape index (κ1) is 13.7. The highest BCUT2D eigenvalue weighted by Gasteiger charge is 2.09. The molecule has 1 atom stereocenters. The lowest BCUT2D eigenvalue weighted by molar-refractivity contribution is -0.128. The van der Waals surface area contributed by atoms with E-state index in [1.54, 1.807) is 31.1 Å². The molecule has 1 rings (SSSR count). The van der Waals surface area contributed by atoms with Gasteiger partial charge in [0, 0.05) is 32.0 Å². The molecule has 1 amide bonds. The van der Waals surface area contributed by atoms with E-state index in [4.69, 9.17) is 5.73 Å². The summed E-state index contributed by atoms with van der Waals surface area (Å²) < 4.78 is 11.9. The van der Waals surface area contributed by atoms with Gasteiger partial charge < -0.3 is 10.6 Å². The minimum Gasteiger partial charge on any atom is -0.398 e. The van der Waals surface area contributed by atoms with Crippen molar-refractivity contribution in [3.05, 3.63) is 24.3 Å². The molecule has 4 nitrogen and oxygen atoms in total. The number of rotatable bonds is 5. The summed E-state index contributed by atoms with van der Waals surface area (Å²) in [6.07, 6.45) is 1.03. The molecule has 0 aliphatic carbocycles. The van der Waals surface area contributed by atoms with E-state index in [1.165, 1.54) is 0 Å². The van der Waals surface area contributed by atoms with E-state index >= 15 is 0 Å². The molecule has 17 heavy (non-hydrogen) atoms. The Hall–Kier alpha value is -1.36. The SMILES string of the molecule is CN(C)C(=O)CCCS(=O)c1ccccc1N. The summed E-state index contributed by atoms with van der Waals surface area (Å²) in [5.74, 6) is 0.524. The Morgan fingerprint density at radius 1 is 1.35 bits per heavy atom. The van der Waals surface area contributed by atoms with Crippen LogP contribution in [0.1, 0.15) is 12.8 Å². The third-order valence-electron chi connectivity index (χ3n) is 2.38. The highest BCUT2D eigenvalue weighted by atomic mass is 32.2. The van der Waals surface area contributed by atoms with E-state index in [9.17, 15) is 9.00 Å². The summed E-state index contributed by atoms with van der Waals surface area (Å²) in [5.41, 5.74) is 6.28. The zero-order valence-corrected chi connectivity index (χ0v) is 11.0. The van der Waals surface area contributed by atoms with Crippen LogP contribution in [0, 0.1) is 0 Å². The molecule has 0 fully saturated rings. The van der Waals surface area contributed by atoms with E-state index in [-0.39, 0.29) is 5.91 Å². The molecule has 0 saturated heterocycles. The molecule has 0 aliphatic heterocycles. The zero-order chi connectivity index (χ0) is 12.8. The number of anilines is 1. The molecule has 0 saturated carbocycles. The van der Waals surface area contributed by atoms with Crippen molar-refractivity contribution in [2.75, 3.05) is 25.6 Å². The van der Waals surface area contributed by atoms with Crippen LogP contribution in [0.4, 0.5) is 5.69 Å². The highest BCUT2D eigenvalue weighted by Crippen LogP contribution is 2.16. The molecule has 94 valence electrons. The summed E-state index contributed by atoms with van der Waals surface area (Å²) in [4.78, 5) is 13.5. The van der Waals surface area contributed by atoms with Gasteiger partial charge in [0.1, 0.15) is 0 Å². The van der Waals surface area contributed by atoms with Crippen molar-refractivity contribution < 1.29 is 9.00 Å². The van der Waals surface area contributed by atoms with Crippen LogP contribution in [0.15, 0.2) is 29.2 Å². The molecular formula is C12H18N2O2S. The predicted octanol–water partition coefficient (Wildman–Crippen LogP) is 1.24. The third-order valence-corrected chi connectivity index (χ3v) is 3.91. The summed E-state index contributed by atoms with van der Waals surface area (Å²) in [5, 5.41) is 0. The average Bonchev–Trinajstić information content (AvgIpc) is 2.29. The lowest BCUT2D eigenvalue weighted by Crippen LogP contribution is -2.21. The number of benzene rings is 1. The van der Waals surface area contributed by atoms with Gasteiger partial charge in [-0.15, -0.1) is 0 Å². The van der Waals surface area contributed by atoms with E-state index in [2.05, 4.69) is 0 Å². The summed E-state index contributed by atoms with van der Waals surface area (Å²) in [7, 11) is 2.31. The maximum absolute atomic E-state index is 11.9. The Morgan fingerprint density at radius 2 is 2.00 bits per heavy atom. The Morgan fingerprint density at radius 3 is 2.59 bits per heavy atom. The molecule has 5 heteroatoms. The minimum atomic E-state index is -1.12. The molecule has 1 aromatic carbocycles. The van der Waals surface area contributed by atoms with Gasteiger partial charge in [-0.3, -0.25) is 9.00 Å². The summed E-state index contributed by atoms with van der Waals surface area (Å²) in [6.45, 7) is 0. The van der Waals surface area contributed by atoms with Crippen LogP contribution in [-0.2, 0) is 15.6 Å². The van der Waals surface area contributed by atoms with Crippen LogP contribution in [0.3, 0.4) is 0 Å². The van der Waals surface area contributed by atoms with Crippen LogP contribution < -0.4 is 5.73 Å². The molecule has 0 aromatic heterocycles. The van der Waals surface area contributed by atoms with Gasteiger partial charge in [0.05, 0.1) is 15.7 Å². The second-order valence-corrected chi connectivity index (χ2v) is 5.52. The fourth-order valence-electron chi connectivity index (χ4n) is 1.38. The monoisotopic (exact) mass is 254 g/mol. The molecule has 0 bridgehead atoms. The Labute approximate surface area is 104 Å². The molecule has 0 spiro atoms. The molecule has 0 radical (unpaired) electrons. The van der Waals surface area contributed by atoms with Gasteiger partial charge in [-0.25, -0.2) is 0 Å². The summed E-state index contributed by atoms with van der Waals surface area (Å²) in [6, 6.07) is 7.12. The lowest BCUT2D eigenvalue weighted by atomic mass is 10.3. The van der Waals surface area contributed by atoms with Gasteiger partial charge in [-0.05, 0) is 18.6 Å². The van der Waals surface area contributed by atoms with E-state index in [1.807, 2.05) is 12.1 Å². The zero-order valence-electron chi connectivity index (χ0n) is 10.2. The maximum atomic E-state index is 11.9. The fraction of sp³-hybridized carbons (Fsp3) is 0.417. The van der Waals surface area contributed by atoms with Crippen molar-refractivity contribution in [3.8, 4) is 0 Å². The third kappa shape index (κ3) is 4.19. The topological polar surface area (TPSA) is 63.4 Å². The van der Waals surface area contributed by atoms with Crippen LogP contribution in [0.5, 0.6) is 0 Å². The number of carbonyl (C=O) groups excluding carboxylic acids is 1. The van der Waals surface area contributed by atoms with Crippen molar-refractivity contribution in [3.63, 3.8) is 0 Å². The Balaban J connectivity index is 2.46. The smallest absolute Gasteiger partial charge is 0.222 e. The lowest BCUT2D eigenvalue weighted by Gasteiger charge is -2.10. The number of hydrogen-bond acceptors (Lipinski definition) is 3. The number of carbonyl (C=O) groups is 1. The predicted molar refractivity (Wildman–Crippen MR) is 70.1 cm³/mol. The van der Waals surface area contributed by atoms with Crippen molar-refractivity contribution in [2.45, 2.75) is 17.7 Å². The van der Waals surface area contributed by atoms with Crippen LogP contribution in [0.25, 0.3) is 0 Å². The molecule has 1 unspecified atom stereocenters. The number of nitrogens with two attached hydrogens (primary N) is 1. The molecule has 1 aromatic rings. The van der Waals surface area contributed by atoms with E-state index in [0.717, 1.165) is 0 Å². The number of amides is 1. The van der Waals surface area contributed by atoms with Gasteiger partial charge in [0.15, 0.2) is 0 Å². The quantitative estimate of drug-likeness (QED) is 0.804. The standard InChI is InChI=1S/C12H18N2O2S/c1-14(2)12(15)8-5-9-17(16)11-7-4-3-6-10(11)13/h3-4,6-7H,5,8-9,13H2,1-2H3. The molecular weight excluding hydrogens is 236 g/mol. The van der Waals surface area contributed by atoms with Crippen molar-refractivity contribution in [1.82, 2.24) is 4.90 Å². The van der Waals surface area contributed by atoms with Crippen molar-refractivity contribution in [2.24, 2.45) is 0 Å². The number of hydrogen-bond donors (Lipinski definition) is 1. The Bertz CT molecular complexity index is 419. The largest absolute Gasteiger partial charge is 0.398 e. The normalized spacial score (nSPS) is 12.1. The van der Waals surface area contributed by atoms with Gasteiger partial charge in [-0.1, -0.05) is 12.1 Å². The molecule has 2 N–H and O–H groups in total. The molecule has 0 aliphatic rings. The van der Waals surface area contributed by atoms with Crippen LogP contribution in [-0.4, -0.2) is 34.9 Å². The fourth-order valence-corrected chi connectivity index (χ4v) is 2.56. The van der Waals surface area contributed by atoms with Crippen molar-refractivity contribution >= 4 is 22.4 Å². The van der Waals surface area contributed by atoms with Crippen LogP contribution in [0.2, 0.25) is 0 Å². The molecule has 0 heterocycles. The maximum Gasteiger partial charge on any atom is 0.222 e. The summed E-state index contributed by atoms with van der Waals surface area (Å²) >= 11 is 0. The van der Waals surface area contributed by atoms with Crippen molar-refractivity contribution in [1.29, 1.82) is 0 Å². The first-order valence-electron chi connectivity index (χ1n) is 5.45. The number of nitrogens with zero attached hydrogens (tertiary/aromatic N) is 1. The van der Waals surface area contributed by atoms with Gasteiger partial charge in [0.2, 0.25) is 5.91 Å². The van der Waals surface area contributed by atoms with Gasteiger partial charge >= 0.3 is 0 Å². The second kappa shape index (κ2) is 6.39. The second-order valence-electron chi connectivity index (χ2n) is 3.98. The first-order valence-corrected chi connectivity index (χ1v) is 6.77. The van der Waals surface area contributed by atoms with Gasteiger partial charge in [-0.2, -0.15) is 0 Å². The first-order chi connectivity index (χ1) is 8.02. The van der Waals surface area contributed by atoms with E-state index in [0.29, 0.717) is 29.2 Å². The number of nitrogen functional groups attached to an aromatic ring is 1. The minimum absolute atomic E-state index is 0.0584. The van der Waals surface area contributed by atoms with E-state index < -0.39 is 10.8 Å². The average molecular weight is 254 g/mol. The highest BCUT2D eigenvalue weighted by molar-refractivity contribution is 7.85. The van der Waals surface area contributed by atoms with Gasteiger partial charge in [0.25, 0.3) is 0 Å². The number of para-hydroxylation sites is 1. The Kier molecular flexibility index (Phi) is 5.15. The van der Waals surface area contributed by atoms with Crippen LogP contribution >= 0.6 is 0 Å².